The van der Waals surface area contributed by atoms with Crippen LogP contribution in [-0.4, -0.2) is 24.0 Å². The van der Waals surface area contributed by atoms with Crippen molar-refractivity contribution in [3.05, 3.63) is 57.7 Å². The molecule has 122 valence electrons. The van der Waals surface area contributed by atoms with Gasteiger partial charge in [0.15, 0.2) is 11.6 Å². The Kier molecular flexibility index (Phi) is 5.10. The number of rotatable bonds is 4. The van der Waals surface area contributed by atoms with Crippen molar-refractivity contribution in [2.45, 2.75) is 27.2 Å². The molecule has 0 unspecified atom stereocenters. The van der Waals surface area contributed by atoms with E-state index < -0.39 is 0 Å². The minimum Gasteiger partial charge on any atom is -0.352 e. The number of amides is 1. The van der Waals surface area contributed by atoms with Crippen molar-refractivity contribution >= 4 is 17.5 Å². The summed E-state index contributed by atoms with van der Waals surface area (Å²) in [6.45, 7) is 5.21. The molecule has 0 aromatic heterocycles. The van der Waals surface area contributed by atoms with Crippen LogP contribution in [0.1, 0.15) is 43.1 Å². The molecule has 1 aliphatic rings. The lowest BCUT2D eigenvalue weighted by Gasteiger charge is -2.18. The second kappa shape index (κ2) is 7.05. The first-order valence-corrected chi connectivity index (χ1v) is 7.61. The van der Waals surface area contributed by atoms with E-state index in [1.54, 1.807) is 45.0 Å². The van der Waals surface area contributed by atoms with Crippen LogP contribution in [0.2, 0.25) is 0 Å². The fourth-order valence-corrected chi connectivity index (χ4v) is 2.56. The van der Waals surface area contributed by atoms with Gasteiger partial charge in [-0.15, -0.1) is 0 Å². The first-order chi connectivity index (χ1) is 11.4. The highest BCUT2D eigenvalue weighted by atomic mass is 16.2. The molecule has 24 heavy (non-hydrogen) atoms. The molecule has 1 amide bonds. The SMILES string of the molecule is CC1=C(C)C(=O)C(CCNC(=O)c2ccc(C#N)cc2)=C(C)C1=O. The van der Waals surface area contributed by atoms with Crippen molar-refractivity contribution in [2.24, 2.45) is 0 Å². The van der Waals surface area contributed by atoms with Gasteiger partial charge >= 0.3 is 0 Å². The van der Waals surface area contributed by atoms with E-state index in [2.05, 4.69) is 5.32 Å². The Balaban J connectivity index is 2.01. The van der Waals surface area contributed by atoms with Crippen molar-refractivity contribution < 1.29 is 14.4 Å². The number of Topliss-reactive ketones (excluding diaryl/α,β-unsaturated/α-hetero) is 2. The lowest BCUT2D eigenvalue weighted by molar-refractivity contribution is -0.116. The molecule has 2 rings (SSSR count). The fourth-order valence-electron chi connectivity index (χ4n) is 2.56. The molecule has 0 fully saturated rings. The summed E-state index contributed by atoms with van der Waals surface area (Å²) in [5.41, 5.74) is 2.80. The van der Waals surface area contributed by atoms with Crippen molar-refractivity contribution in [3.63, 3.8) is 0 Å². The van der Waals surface area contributed by atoms with E-state index in [4.69, 9.17) is 5.26 Å². The zero-order chi connectivity index (χ0) is 17.9. The van der Waals surface area contributed by atoms with E-state index in [-0.39, 0.29) is 24.0 Å². The van der Waals surface area contributed by atoms with Gasteiger partial charge in [-0.05, 0) is 51.5 Å². The second-order valence-corrected chi connectivity index (χ2v) is 5.71. The zero-order valence-electron chi connectivity index (χ0n) is 13.9. The number of nitriles is 1. The number of allylic oxidation sites excluding steroid dienone is 3. The fraction of sp³-hybridized carbons (Fsp3) is 0.263. The quantitative estimate of drug-likeness (QED) is 0.863. The van der Waals surface area contributed by atoms with E-state index >= 15 is 0 Å². The number of nitrogens with one attached hydrogen (secondary N) is 1. The number of hydrogen-bond acceptors (Lipinski definition) is 4. The molecule has 0 bridgehead atoms. The molecule has 0 aliphatic heterocycles. The molecule has 0 heterocycles. The lowest BCUT2D eigenvalue weighted by atomic mass is 9.84. The summed E-state index contributed by atoms with van der Waals surface area (Å²) in [6.07, 6.45) is 0.309. The van der Waals surface area contributed by atoms with Gasteiger partial charge in [0, 0.05) is 34.4 Å². The van der Waals surface area contributed by atoms with Gasteiger partial charge in [-0.3, -0.25) is 14.4 Å². The summed E-state index contributed by atoms with van der Waals surface area (Å²) in [6, 6.07) is 8.28. The van der Waals surface area contributed by atoms with E-state index in [9.17, 15) is 14.4 Å². The van der Waals surface area contributed by atoms with E-state index in [1.165, 1.54) is 0 Å². The minimum atomic E-state index is -0.282. The van der Waals surface area contributed by atoms with Gasteiger partial charge in [-0.2, -0.15) is 5.26 Å². The van der Waals surface area contributed by atoms with Gasteiger partial charge < -0.3 is 5.32 Å². The van der Waals surface area contributed by atoms with Crippen LogP contribution >= 0.6 is 0 Å². The highest BCUT2D eigenvalue weighted by Gasteiger charge is 2.27. The number of hydrogen-bond donors (Lipinski definition) is 1. The van der Waals surface area contributed by atoms with Crippen molar-refractivity contribution in [3.8, 4) is 6.07 Å². The largest absolute Gasteiger partial charge is 0.352 e. The molecule has 1 aromatic rings. The molecule has 0 radical (unpaired) electrons. The third-order valence-electron chi connectivity index (χ3n) is 4.25. The maximum atomic E-state index is 12.3. The van der Waals surface area contributed by atoms with Gasteiger partial charge in [0.05, 0.1) is 11.6 Å². The van der Waals surface area contributed by atoms with Crippen molar-refractivity contribution in [1.29, 1.82) is 5.26 Å². The Morgan fingerprint density at radius 3 is 2.17 bits per heavy atom. The van der Waals surface area contributed by atoms with Gasteiger partial charge in [0.25, 0.3) is 5.91 Å². The maximum absolute atomic E-state index is 12.3. The molecule has 1 N–H and O–H groups in total. The Hall–Kier alpha value is -3.00. The van der Waals surface area contributed by atoms with Crippen LogP contribution in [0.25, 0.3) is 0 Å². The smallest absolute Gasteiger partial charge is 0.251 e. The van der Waals surface area contributed by atoms with Gasteiger partial charge in [-0.1, -0.05) is 0 Å². The number of nitrogens with zero attached hydrogens (tertiary/aromatic N) is 1. The average Bonchev–Trinajstić information content (AvgIpc) is 2.61. The van der Waals surface area contributed by atoms with Crippen LogP contribution in [0.5, 0.6) is 0 Å². The summed E-state index contributed by atoms with van der Waals surface area (Å²) >= 11 is 0. The van der Waals surface area contributed by atoms with Gasteiger partial charge in [-0.25, -0.2) is 0 Å². The number of carbonyl (C=O) groups is 3. The van der Waals surface area contributed by atoms with E-state index in [1.807, 2.05) is 6.07 Å². The summed E-state index contributed by atoms with van der Waals surface area (Å²) < 4.78 is 0. The molecular formula is C19H18N2O3. The Bertz CT molecular complexity index is 821. The molecule has 0 saturated heterocycles. The van der Waals surface area contributed by atoms with Gasteiger partial charge in [0.2, 0.25) is 0 Å². The normalized spacial score (nSPS) is 14.8. The first kappa shape index (κ1) is 17.4. The Morgan fingerprint density at radius 1 is 1.00 bits per heavy atom. The molecule has 5 heteroatoms. The van der Waals surface area contributed by atoms with Crippen LogP contribution in [0, 0.1) is 11.3 Å². The van der Waals surface area contributed by atoms with E-state index in [0.717, 1.165) is 0 Å². The topological polar surface area (TPSA) is 87.0 Å². The molecule has 1 aliphatic carbocycles. The predicted molar refractivity (Wildman–Crippen MR) is 89.2 cm³/mol. The predicted octanol–water partition coefficient (Wildman–Crippen LogP) is 2.48. The minimum absolute atomic E-state index is 0.111. The highest BCUT2D eigenvalue weighted by molar-refractivity contribution is 6.24. The molecule has 0 atom stereocenters. The molecule has 0 saturated carbocycles. The third kappa shape index (κ3) is 3.33. The average molecular weight is 322 g/mol. The monoisotopic (exact) mass is 322 g/mol. The van der Waals surface area contributed by atoms with Crippen molar-refractivity contribution in [1.82, 2.24) is 5.32 Å². The number of carbonyl (C=O) groups excluding carboxylic acids is 3. The van der Waals surface area contributed by atoms with Crippen LogP contribution in [0.3, 0.4) is 0 Å². The standard InChI is InChI=1S/C19H18N2O3/c1-11-12(2)18(23)16(13(3)17(11)22)8-9-21-19(24)15-6-4-14(10-20)5-7-15/h4-7H,8-9H2,1-3H3,(H,21,24). The van der Waals surface area contributed by atoms with Crippen LogP contribution in [0.4, 0.5) is 0 Å². The highest BCUT2D eigenvalue weighted by Crippen LogP contribution is 2.25. The molecule has 5 nitrogen and oxygen atoms in total. The number of benzene rings is 1. The first-order valence-electron chi connectivity index (χ1n) is 7.61. The summed E-state index contributed by atoms with van der Waals surface area (Å²) in [4.78, 5) is 36.4. The van der Waals surface area contributed by atoms with Crippen LogP contribution < -0.4 is 5.32 Å². The van der Waals surface area contributed by atoms with Gasteiger partial charge in [0.1, 0.15) is 0 Å². The Labute approximate surface area is 140 Å². The third-order valence-corrected chi connectivity index (χ3v) is 4.25. The van der Waals surface area contributed by atoms with Crippen LogP contribution in [0.15, 0.2) is 46.6 Å². The van der Waals surface area contributed by atoms with E-state index in [0.29, 0.717) is 39.8 Å². The summed E-state index contributed by atoms with van der Waals surface area (Å²) in [5, 5.41) is 11.5. The number of ketones is 2. The van der Waals surface area contributed by atoms with Crippen LogP contribution in [-0.2, 0) is 9.59 Å². The lowest BCUT2D eigenvalue weighted by Crippen LogP contribution is -2.27. The summed E-state index contributed by atoms with van der Waals surface area (Å²) in [5.74, 6) is -0.520. The molecule has 1 aromatic carbocycles. The van der Waals surface area contributed by atoms with Crippen molar-refractivity contribution in [2.75, 3.05) is 6.54 Å². The molecular weight excluding hydrogens is 304 g/mol. The zero-order valence-corrected chi connectivity index (χ0v) is 13.9. The maximum Gasteiger partial charge on any atom is 0.251 e. The second-order valence-electron chi connectivity index (χ2n) is 5.71. The Morgan fingerprint density at radius 2 is 1.58 bits per heavy atom. The summed E-state index contributed by atoms with van der Waals surface area (Å²) in [7, 11) is 0. The molecule has 0 spiro atoms.